The molecule has 0 spiro atoms. The Morgan fingerprint density at radius 2 is 2.05 bits per heavy atom. The van der Waals surface area contributed by atoms with Crippen molar-refractivity contribution in [1.82, 2.24) is 15.1 Å². The molecule has 0 aliphatic carbocycles. The summed E-state index contributed by atoms with van der Waals surface area (Å²) in [7, 11) is 1.93. The first-order valence-corrected chi connectivity index (χ1v) is 6.41. The molecule has 0 aliphatic rings. The lowest BCUT2D eigenvalue weighted by Gasteiger charge is -2.13. The van der Waals surface area contributed by atoms with Gasteiger partial charge in [-0.3, -0.25) is 4.68 Å². The van der Waals surface area contributed by atoms with Crippen LogP contribution in [0, 0.1) is 11.3 Å². The van der Waals surface area contributed by atoms with Crippen molar-refractivity contribution in [1.29, 1.82) is 5.26 Å². The number of nitriles is 1. The van der Waals surface area contributed by atoms with E-state index in [4.69, 9.17) is 5.26 Å². The van der Waals surface area contributed by atoms with Gasteiger partial charge in [0, 0.05) is 32.3 Å². The van der Waals surface area contributed by atoms with Gasteiger partial charge in [0.2, 0.25) is 0 Å². The van der Waals surface area contributed by atoms with Crippen molar-refractivity contribution in [2.45, 2.75) is 19.4 Å². The average molecular weight is 254 g/mol. The quantitative estimate of drug-likeness (QED) is 0.889. The fraction of sp³-hybridized carbons (Fsp3) is 0.333. The summed E-state index contributed by atoms with van der Waals surface area (Å²) in [5, 5.41) is 16.6. The largest absolute Gasteiger partial charge is 0.310 e. The third-order valence-electron chi connectivity index (χ3n) is 3.14. The van der Waals surface area contributed by atoms with Gasteiger partial charge in [0.15, 0.2) is 0 Å². The summed E-state index contributed by atoms with van der Waals surface area (Å²) >= 11 is 0. The Morgan fingerprint density at radius 3 is 2.63 bits per heavy atom. The second-order valence-corrected chi connectivity index (χ2v) is 4.64. The normalized spacial score (nSPS) is 12.1. The van der Waals surface area contributed by atoms with Gasteiger partial charge in [-0.15, -0.1) is 0 Å². The molecule has 4 nitrogen and oxygen atoms in total. The van der Waals surface area contributed by atoms with Crippen LogP contribution in [0.5, 0.6) is 0 Å². The molecule has 0 radical (unpaired) electrons. The molecule has 0 fully saturated rings. The Kier molecular flexibility index (Phi) is 4.32. The van der Waals surface area contributed by atoms with Crippen LogP contribution in [0.1, 0.15) is 29.8 Å². The maximum Gasteiger partial charge on any atom is 0.0991 e. The number of aromatic nitrogens is 2. The van der Waals surface area contributed by atoms with E-state index in [1.54, 1.807) is 0 Å². The molecular formula is C15H18N4. The number of rotatable bonds is 5. The van der Waals surface area contributed by atoms with Gasteiger partial charge in [0.1, 0.15) is 0 Å². The Hall–Kier alpha value is -2.12. The van der Waals surface area contributed by atoms with Gasteiger partial charge in [-0.05, 0) is 30.7 Å². The molecule has 2 aromatic rings. The van der Waals surface area contributed by atoms with Gasteiger partial charge in [-0.2, -0.15) is 10.4 Å². The van der Waals surface area contributed by atoms with E-state index in [0.29, 0.717) is 5.56 Å². The van der Waals surface area contributed by atoms with Gasteiger partial charge < -0.3 is 5.32 Å². The zero-order chi connectivity index (χ0) is 13.7. The van der Waals surface area contributed by atoms with Crippen LogP contribution < -0.4 is 5.32 Å². The van der Waals surface area contributed by atoms with Crippen LogP contribution in [0.4, 0.5) is 0 Å². The summed E-state index contributed by atoms with van der Waals surface area (Å²) in [6, 6.07) is 12.1. The van der Waals surface area contributed by atoms with E-state index in [2.05, 4.69) is 23.4 Å². The molecule has 1 aromatic heterocycles. The minimum atomic E-state index is 0.274. The molecular weight excluding hydrogens is 236 g/mol. The number of benzene rings is 1. The number of hydrogen-bond donors (Lipinski definition) is 1. The van der Waals surface area contributed by atoms with Crippen LogP contribution in [0.2, 0.25) is 0 Å². The summed E-state index contributed by atoms with van der Waals surface area (Å²) in [4.78, 5) is 0. The molecule has 0 bridgehead atoms. The zero-order valence-electron chi connectivity index (χ0n) is 11.3. The maximum atomic E-state index is 8.76. The SMILES string of the molecule is CC(NCCc1ccn(C)n1)c1ccc(C#N)cc1. The Labute approximate surface area is 113 Å². The van der Waals surface area contributed by atoms with Crippen LogP contribution in [0.3, 0.4) is 0 Å². The van der Waals surface area contributed by atoms with Gasteiger partial charge in [-0.25, -0.2) is 0 Å². The third kappa shape index (κ3) is 3.67. The highest BCUT2D eigenvalue weighted by Gasteiger charge is 2.05. The van der Waals surface area contributed by atoms with Crippen LogP contribution in [-0.2, 0) is 13.5 Å². The van der Waals surface area contributed by atoms with Crippen molar-refractivity contribution in [2.24, 2.45) is 7.05 Å². The summed E-state index contributed by atoms with van der Waals surface area (Å²) < 4.78 is 1.82. The van der Waals surface area contributed by atoms with Crippen molar-refractivity contribution in [3.8, 4) is 6.07 Å². The van der Waals surface area contributed by atoms with E-state index in [0.717, 1.165) is 18.7 Å². The van der Waals surface area contributed by atoms with Crippen molar-refractivity contribution in [3.63, 3.8) is 0 Å². The van der Waals surface area contributed by atoms with Crippen LogP contribution in [-0.4, -0.2) is 16.3 Å². The predicted molar refractivity (Wildman–Crippen MR) is 74.5 cm³/mol. The molecule has 0 saturated heterocycles. The molecule has 0 amide bonds. The fourth-order valence-corrected chi connectivity index (χ4v) is 1.98. The molecule has 1 heterocycles. The van der Waals surface area contributed by atoms with E-state index in [1.165, 1.54) is 5.56 Å². The van der Waals surface area contributed by atoms with Crippen LogP contribution in [0.15, 0.2) is 36.5 Å². The number of nitrogens with zero attached hydrogens (tertiary/aromatic N) is 3. The Balaban J connectivity index is 1.83. The highest BCUT2D eigenvalue weighted by Crippen LogP contribution is 2.12. The fourth-order valence-electron chi connectivity index (χ4n) is 1.98. The molecule has 19 heavy (non-hydrogen) atoms. The molecule has 1 unspecified atom stereocenters. The predicted octanol–water partition coefficient (Wildman–Crippen LogP) is 2.19. The van der Waals surface area contributed by atoms with Crippen molar-refractivity contribution in [2.75, 3.05) is 6.54 Å². The first-order chi connectivity index (χ1) is 9.19. The van der Waals surface area contributed by atoms with Gasteiger partial charge in [-0.1, -0.05) is 12.1 Å². The average Bonchev–Trinajstić information content (AvgIpc) is 2.84. The first kappa shape index (κ1) is 13.3. The van der Waals surface area contributed by atoms with Crippen LogP contribution in [0.25, 0.3) is 0 Å². The van der Waals surface area contributed by atoms with Crippen molar-refractivity contribution < 1.29 is 0 Å². The molecule has 98 valence electrons. The van der Waals surface area contributed by atoms with Crippen molar-refractivity contribution >= 4 is 0 Å². The third-order valence-corrected chi connectivity index (χ3v) is 3.14. The lowest BCUT2D eigenvalue weighted by Crippen LogP contribution is -2.21. The van der Waals surface area contributed by atoms with Gasteiger partial charge in [0.25, 0.3) is 0 Å². The second kappa shape index (κ2) is 6.17. The Bertz CT molecular complexity index is 563. The molecule has 1 N–H and O–H groups in total. The number of nitrogens with one attached hydrogen (secondary N) is 1. The van der Waals surface area contributed by atoms with E-state index >= 15 is 0 Å². The number of hydrogen-bond acceptors (Lipinski definition) is 3. The van der Waals surface area contributed by atoms with Gasteiger partial charge in [0.05, 0.1) is 17.3 Å². The summed E-state index contributed by atoms with van der Waals surface area (Å²) in [6.45, 7) is 3.01. The maximum absolute atomic E-state index is 8.76. The second-order valence-electron chi connectivity index (χ2n) is 4.64. The standard InChI is InChI=1S/C15H18N4/c1-12(14-5-3-13(11-16)4-6-14)17-9-7-15-8-10-19(2)18-15/h3-6,8,10,12,17H,7,9H2,1-2H3. The topological polar surface area (TPSA) is 53.6 Å². The Morgan fingerprint density at radius 1 is 1.32 bits per heavy atom. The summed E-state index contributed by atoms with van der Waals surface area (Å²) in [6.07, 6.45) is 2.88. The van der Waals surface area contributed by atoms with Gasteiger partial charge >= 0.3 is 0 Å². The minimum Gasteiger partial charge on any atom is -0.310 e. The van der Waals surface area contributed by atoms with E-state index in [1.807, 2.05) is 48.3 Å². The monoisotopic (exact) mass is 254 g/mol. The lowest BCUT2D eigenvalue weighted by molar-refractivity contribution is 0.571. The van der Waals surface area contributed by atoms with E-state index < -0.39 is 0 Å². The van der Waals surface area contributed by atoms with E-state index in [9.17, 15) is 0 Å². The lowest BCUT2D eigenvalue weighted by atomic mass is 10.1. The number of aryl methyl sites for hydroxylation is 1. The zero-order valence-corrected chi connectivity index (χ0v) is 11.3. The minimum absolute atomic E-state index is 0.274. The van der Waals surface area contributed by atoms with E-state index in [-0.39, 0.29) is 6.04 Å². The molecule has 0 saturated carbocycles. The molecule has 0 aliphatic heterocycles. The summed E-state index contributed by atoms with van der Waals surface area (Å²) in [5.74, 6) is 0. The van der Waals surface area contributed by atoms with Crippen molar-refractivity contribution in [3.05, 3.63) is 53.3 Å². The first-order valence-electron chi connectivity index (χ1n) is 6.41. The molecule has 1 atom stereocenters. The molecule has 1 aromatic carbocycles. The smallest absolute Gasteiger partial charge is 0.0991 e. The molecule has 4 heteroatoms. The highest BCUT2D eigenvalue weighted by molar-refractivity contribution is 5.32. The molecule has 2 rings (SSSR count). The van der Waals surface area contributed by atoms with Crippen LogP contribution >= 0.6 is 0 Å². The summed E-state index contributed by atoms with van der Waals surface area (Å²) in [5.41, 5.74) is 2.99. The highest BCUT2D eigenvalue weighted by atomic mass is 15.2.